The zero-order valence-corrected chi connectivity index (χ0v) is 11.3. The van der Waals surface area contributed by atoms with Crippen molar-refractivity contribution in [1.82, 2.24) is 10.2 Å². The monoisotopic (exact) mass is 248 g/mol. The summed E-state index contributed by atoms with van der Waals surface area (Å²) >= 11 is 0. The van der Waals surface area contributed by atoms with Gasteiger partial charge in [0.1, 0.15) is 5.76 Å². The Labute approximate surface area is 110 Å². The first-order chi connectivity index (χ1) is 8.86. The minimum atomic E-state index is 0.734. The summed E-state index contributed by atoms with van der Waals surface area (Å²) in [5.74, 6) is 1.12. The molecule has 0 aromatic carbocycles. The Balaban J connectivity index is 1.68. The number of nitrogens with one attached hydrogen (secondary N) is 1. The van der Waals surface area contributed by atoms with Gasteiger partial charge in [-0.3, -0.25) is 4.90 Å². The van der Waals surface area contributed by atoms with Gasteiger partial charge in [0.05, 0.1) is 12.8 Å². The van der Waals surface area contributed by atoms with E-state index in [0.717, 1.165) is 37.0 Å². The molecule has 0 amide bonds. The van der Waals surface area contributed by atoms with Crippen molar-refractivity contribution in [2.75, 3.05) is 6.54 Å². The van der Waals surface area contributed by atoms with Crippen molar-refractivity contribution in [3.05, 3.63) is 24.2 Å². The van der Waals surface area contributed by atoms with Gasteiger partial charge in [-0.1, -0.05) is 13.3 Å². The Kier molecular flexibility index (Phi) is 3.71. The standard InChI is InChI=1S/C15H24N2O/c1-2-16-12-9-13-5-3-6-14(10-12)17(13)11-15-7-4-8-18-15/h4,7-8,12-14,16H,2-3,5-6,9-11H2,1H3. The molecule has 0 radical (unpaired) electrons. The molecule has 0 aliphatic carbocycles. The summed E-state index contributed by atoms with van der Waals surface area (Å²) in [7, 11) is 0. The van der Waals surface area contributed by atoms with E-state index < -0.39 is 0 Å². The molecular weight excluding hydrogens is 224 g/mol. The lowest BCUT2D eigenvalue weighted by molar-refractivity contribution is 0.0131. The second-order valence-corrected chi connectivity index (χ2v) is 5.72. The quantitative estimate of drug-likeness (QED) is 0.888. The van der Waals surface area contributed by atoms with E-state index in [0.29, 0.717) is 0 Å². The smallest absolute Gasteiger partial charge is 0.117 e. The fourth-order valence-corrected chi connectivity index (χ4v) is 3.77. The third-order valence-corrected chi connectivity index (χ3v) is 4.54. The van der Waals surface area contributed by atoms with Crippen molar-refractivity contribution >= 4 is 0 Å². The van der Waals surface area contributed by atoms with E-state index >= 15 is 0 Å². The second kappa shape index (κ2) is 5.45. The molecule has 0 spiro atoms. The van der Waals surface area contributed by atoms with Crippen molar-refractivity contribution in [1.29, 1.82) is 0 Å². The Morgan fingerprint density at radius 1 is 1.33 bits per heavy atom. The van der Waals surface area contributed by atoms with E-state index in [1.807, 2.05) is 6.07 Å². The molecule has 3 rings (SSSR count). The Morgan fingerprint density at radius 3 is 2.72 bits per heavy atom. The summed E-state index contributed by atoms with van der Waals surface area (Å²) in [6, 6.07) is 6.35. The summed E-state index contributed by atoms with van der Waals surface area (Å²) in [4.78, 5) is 2.69. The number of hydrogen-bond donors (Lipinski definition) is 1. The first-order valence-electron chi connectivity index (χ1n) is 7.38. The molecule has 2 unspecified atom stereocenters. The van der Waals surface area contributed by atoms with E-state index in [1.54, 1.807) is 6.26 Å². The van der Waals surface area contributed by atoms with Crippen LogP contribution in [-0.4, -0.2) is 29.6 Å². The van der Waals surface area contributed by atoms with E-state index in [4.69, 9.17) is 4.42 Å². The highest BCUT2D eigenvalue weighted by Crippen LogP contribution is 2.35. The van der Waals surface area contributed by atoms with Crippen LogP contribution in [0.2, 0.25) is 0 Å². The Hall–Kier alpha value is -0.800. The fourth-order valence-electron chi connectivity index (χ4n) is 3.77. The predicted octanol–water partition coefficient (Wildman–Crippen LogP) is 2.77. The summed E-state index contributed by atoms with van der Waals surface area (Å²) in [6.07, 6.45) is 8.54. The van der Waals surface area contributed by atoms with Gasteiger partial charge in [0, 0.05) is 18.1 Å². The van der Waals surface area contributed by atoms with Crippen LogP contribution in [0.1, 0.15) is 44.8 Å². The SMILES string of the molecule is CCNC1CC2CCCC(C1)N2Cc1ccco1. The number of rotatable bonds is 4. The highest BCUT2D eigenvalue weighted by molar-refractivity contribution is 5.02. The molecule has 0 saturated carbocycles. The maximum absolute atomic E-state index is 5.52. The minimum Gasteiger partial charge on any atom is -0.468 e. The van der Waals surface area contributed by atoms with Crippen molar-refractivity contribution in [2.45, 2.75) is 63.7 Å². The van der Waals surface area contributed by atoms with Crippen LogP contribution in [0, 0.1) is 0 Å². The van der Waals surface area contributed by atoms with Crippen LogP contribution in [0.3, 0.4) is 0 Å². The highest BCUT2D eigenvalue weighted by atomic mass is 16.3. The lowest BCUT2D eigenvalue weighted by Gasteiger charge is -2.48. The first kappa shape index (κ1) is 12.2. The topological polar surface area (TPSA) is 28.4 Å². The summed E-state index contributed by atoms with van der Waals surface area (Å²) in [6.45, 7) is 4.31. The van der Waals surface area contributed by atoms with Crippen LogP contribution >= 0.6 is 0 Å². The molecule has 2 aliphatic rings. The van der Waals surface area contributed by atoms with Crippen molar-refractivity contribution in [3.8, 4) is 0 Å². The van der Waals surface area contributed by atoms with E-state index in [1.165, 1.54) is 32.1 Å². The predicted molar refractivity (Wildman–Crippen MR) is 72.4 cm³/mol. The maximum atomic E-state index is 5.52. The minimum absolute atomic E-state index is 0.734. The van der Waals surface area contributed by atoms with Gasteiger partial charge in [0.25, 0.3) is 0 Å². The highest BCUT2D eigenvalue weighted by Gasteiger charge is 2.37. The Bertz CT molecular complexity index is 349. The molecule has 2 atom stereocenters. The molecule has 1 aromatic heterocycles. The van der Waals surface area contributed by atoms with E-state index in [2.05, 4.69) is 23.2 Å². The third kappa shape index (κ3) is 2.47. The lowest BCUT2D eigenvalue weighted by Crippen LogP contribution is -2.55. The summed E-state index contributed by atoms with van der Waals surface area (Å²) in [5, 5.41) is 3.64. The van der Waals surface area contributed by atoms with Gasteiger partial charge in [0.15, 0.2) is 0 Å². The number of nitrogens with zero attached hydrogens (tertiary/aromatic N) is 1. The zero-order valence-electron chi connectivity index (χ0n) is 11.3. The van der Waals surface area contributed by atoms with Gasteiger partial charge in [0.2, 0.25) is 0 Å². The molecular formula is C15H24N2O. The molecule has 2 fully saturated rings. The number of hydrogen-bond acceptors (Lipinski definition) is 3. The maximum Gasteiger partial charge on any atom is 0.117 e. The average Bonchev–Trinajstić information content (AvgIpc) is 2.83. The van der Waals surface area contributed by atoms with E-state index in [9.17, 15) is 0 Å². The van der Waals surface area contributed by atoms with Gasteiger partial charge in [-0.05, 0) is 44.4 Å². The Morgan fingerprint density at radius 2 is 2.11 bits per heavy atom. The van der Waals surface area contributed by atoms with Crippen LogP contribution in [0.5, 0.6) is 0 Å². The third-order valence-electron chi connectivity index (χ3n) is 4.54. The van der Waals surface area contributed by atoms with Gasteiger partial charge in [-0.2, -0.15) is 0 Å². The van der Waals surface area contributed by atoms with Crippen LogP contribution in [-0.2, 0) is 6.54 Å². The van der Waals surface area contributed by atoms with Crippen molar-refractivity contribution in [2.24, 2.45) is 0 Å². The molecule has 1 N–H and O–H groups in total. The van der Waals surface area contributed by atoms with E-state index in [-0.39, 0.29) is 0 Å². The molecule has 18 heavy (non-hydrogen) atoms. The molecule has 3 heteroatoms. The van der Waals surface area contributed by atoms with Crippen LogP contribution in [0.15, 0.2) is 22.8 Å². The largest absolute Gasteiger partial charge is 0.468 e. The average molecular weight is 248 g/mol. The number of fused-ring (bicyclic) bond motifs is 2. The van der Waals surface area contributed by atoms with Gasteiger partial charge >= 0.3 is 0 Å². The normalized spacial score (nSPS) is 32.6. The van der Waals surface area contributed by atoms with Crippen LogP contribution in [0.25, 0.3) is 0 Å². The fraction of sp³-hybridized carbons (Fsp3) is 0.733. The zero-order chi connectivity index (χ0) is 12.4. The number of furan rings is 1. The molecule has 100 valence electrons. The molecule has 1 aromatic rings. The number of piperidine rings is 2. The first-order valence-corrected chi connectivity index (χ1v) is 7.38. The van der Waals surface area contributed by atoms with Crippen molar-refractivity contribution in [3.63, 3.8) is 0 Å². The van der Waals surface area contributed by atoms with Gasteiger partial charge in [-0.25, -0.2) is 0 Å². The molecule has 2 aliphatic heterocycles. The van der Waals surface area contributed by atoms with Crippen LogP contribution < -0.4 is 5.32 Å². The summed E-state index contributed by atoms with van der Waals surface area (Å²) < 4.78 is 5.52. The lowest BCUT2D eigenvalue weighted by atomic mass is 9.81. The second-order valence-electron chi connectivity index (χ2n) is 5.72. The molecule has 2 bridgehead atoms. The molecule has 3 nitrogen and oxygen atoms in total. The summed E-state index contributed by atoms with van der Waals surface area (Å²) in [5.41, 5.74) is 0. The molecule has 2 saturated heterocycles. The van der Waals surface area contributed by atoms with Gasteiger partial charge in [-0.15, -0.1) is 0 Å². The molecule has 3 heterocycles. The van der Waals surface area contributed by atoms with Crippen LogP contribution in [0.4, 0.5) is 0 Å². The van der Waals surface area contributed by atoms with Gasteiger partial charge < -0.3 is 9.73 Å². The van der Waals surface area contributed by atoms with Crippen molar-refractivity contribution < 1.29 is 4.42 Å².